The van der Waals surface area contributed by atoms with Crippen molar-refractivity contribution in [3.05, 3.63) is 52.2 Å². The number of hydrogen-bond acceptors (Lipinski definition) is 4. The van der Waals surface area contributed by atoms with Gasteiger partial charge in [-0.3, -0.25) is 9.78 Å². The number of carbonyl (C=O) groups excluding carboxylic acids is 1. The van der Waals surface area contributed by atoms with E-state index in [1.165, 1.54) is 18.3 Å². The predicted molar refractivity (Wildman–Crippen MR) is 70.8 cm³/mol. The zero-order chi connectivity index (χ0) is 14.7. The molecule has 6 nitrogen and oxygen atoms in total. The quantitative estimate of drug-likeness (QED) is 0.902. The minimum atomic E-state index is -1.07. The molecule has 2 N–H and O–H groups in total. The summed E-state index contributed by atoms with van der Waals surface area (Å²) in [7, 11) is 0. The first-order valence-electron chi connectivity index (χ1n) is 5.69. The second kappa shape index (κ2) is 5.75. The highest BCUT2D eigenvalue weighted by atomic mass is 35.5. The number of hydrogen-bond donors (Lipinski definition) is 2. The lowest BCUT2D eigenvalue weighted by molar-refractivity contribution is 0.0694. The Morgan fingerprint density at radius 3 is 2.80 bits per heavy atom. The third-order valence-electron chi connectivity index (χ3n) is 2.58. The van der Waals surface area contributed by atoms with Crippen LogP contribution >= 0.6 is 11.6 Å². The fourth-order valence-corrected chi connectivity index (χ4v) is 1.79. The van der Waals surface area contributed by atoms with Crippen LogP contribution < -0.4 is 5.32 Å². The Balaban J connectivity index is 2.04. The number of amides is 1. The molecular weight excluding hydrogens is 284 g/mol. The van der Waals surface area contributed by atoms with Crippen LogP contribution in [0.4, 0.5) is 0 Å². The summed E-state index contributed by atoms with van der Waals surface area (Å²) < 4.78 is 5.24. The van der Waals surface area contributed by atoms with Crippen LogP contribution in [0, 0.1) is 6.92 Å². The normalized spacial score (nSPS) is 10.3. The summed E-state index contributed by atoms with van der Waals surface area (Å²) >= 11 is 5.76. The van der Waals surface area contributed by atoms with Gasteiger partial charge in [-0.05, 0) is 25.1 Å². The summed E-state index contributed by atoms with van der Waals surface area (Å²) in [6.45, 7) is 1.62. The van der Waals surface area contributed by atoms with E-state index in [1.54, 1.807) is 13.0 Å². The molecule has 0 saturated carbocycles. The Morgan fingerprint density at radius 2 is 2.20 bits per heavy atom. The van der Waals surface area contributed by atoms with Gasteiger partial charge >= 0.3 is 5.97 Å². The summed E-state index contributed by atoms with van der Waals surface area (Å²) in [6.07, 6.45) is 1.43. The van der Waals surface area contributed by atoms with Crippen molar-refractivity contribution in [1.29, 1.82) is 0 Å². The number of carboxylic acids is 1. The predicted octanol–water partition coefficient (Wildman–Crippen LogP) is 2.26. The van der Waals surface area contributed by atoms with E-state index in [2.05, 4.69) is 10.3 Å². The van der Waals surface area contributed by atoms with Gasteiger partial charge in [0.15, 0.2) is 0 Å². The highest BCUT2D eigenvalue weighted by Gasteiger charge is 2.14. The van der Waals surface area contributed by atoms with Crippen molar-refractivity contribution in [3.8, 4) is 0 Å². The Labute approximate surface area is 119 Å². The van der Waals surface area contributed by atoms with E-state index in [0.29, 0.717) is 16.5 Å². The number of aryl methyl sites for hydroxylation is 1. The lowest BCUT2D eigenvalue weighted by Crippen LogP contribution is -2.23. The molecule has 2 aromatic rings. The van der Waals surface area contributed by atoms with Gasteiger partial charge in [0, 0.05) is 11.2 Å². The monoisotopic (exact) mass is 294 g/mol. The standard InChI is InChI=1S/C13H11ClN2O4/c1-7-10(13(18)19)5-9(20-7)6-16-12(17)11-4-8(14)2-3-15-11/h2-5H,6H2,1H3,(H,16,17)(H,18,19). The van der Waals surface area contributed by atoms with Crippen molar-refractivity contribution in [3.63, 3.8) is 0 Å². The van der Waals surface area contributed by atoms with Gasteiger partial charge in [-0.1, -0.05) is 11.6 Å². The number of carboxylic acid groups (broad SMARTS) is 1. The number of halogens is 1. The molecule has 2 aromatic heterocycles. The summed E-state index contributed by atoms with van der Waals surface area (Å²) in [5.41, 5.74) is 0.259. The van der Waals surface area contributed by atoms with Crippen molar-refractivity contribution in [2.24, 2.45) is 0 Å². The fraction of sp³-hybridized carbons (Fsp3) is 0.154. The van der Waals surface area contributed by atoms with Gasteiger partial charge in [0.25, 0.3) is 5.91 Å². The van der Waals surface area contributed by atoms with Gasteiger partial charge in [0.1, 0.15) is 22.8 Å². The van der Waals surface area contributed by atoms with Gasteiger partial charge in [-0.2, -0.15) is 0 Å². The van der Waals surface area contributed by atoms with E-state index in [9.17, 15) is 9.59 Å². The number of nitrogens with one attached hydrogen (secondary N) is 1. The van der Waals surface area contributed by atoms with E-state index in [1.807, 2.05) is 0 Å². The SMILES string of the molecule is Cc1oc(CNC(=O)c2cc(Cl)ccn2)cc1C(=O)O. The third-order valence-corrected chi connectivity index (χ3v) is 2.81. The molecule has 0 spiro atoms. The second-order valence-corrected chi connectivity index (χ2v) is 4.47. The molecule has 0 radical (unpaired) electrons. The highest BCUT2D eigenvalue weighted by Crippen LogP contribution is 2.14. The lowest BCUT2D eigenvalue weighted by Gasteiger charge is -2.02. The molecular formula is C13H11ClN2O4. The van der Waals surface area contributed by atoms with E-state index in [4.69, 9.17) is 21.1 Å². The molecule has 7 heteroatoms. The average Bonchev–Trinajstić information content (AvgIpc) is 2.77. The van der Waals surface area contributed by atoms with Crippen LogP contribution in [0.2, 0.25) is 5.02 Å². The van der Waals surface area contributed by atoms with Crippen LogP contribution in [0.15, 0.2) is 28.8 Å². The van der Waals surface area contributed by atoms with Crippen molar-refractivity contribution < 1.29 is 19.1 Å². The maximum atomic E-state index is 11.8. The van der Waals surface area contributed by atoms with Crippen molar-refractivity contribution in [2.45, 2.75) is 13.5 Å². The number of aromatic nitrogens is 1. The molecule has 0 saturated heterocycles. The summed E-state index contributed by atoms with van der Waals surface area (Å²) in [4.78, 5) is 26.5. The van der Waals surface area contributed by atoms with Gasteiger partial charge < -0.3 is 14.8 Å². The third kappa shape index (κ3) is 3.16. The largest absolute Gasteiger partial charge is 0.478 e. The van der Waals surface area contributed by atoms with Gasteiger partial charge in [-0.25, -0.2) is 4.79 Å². The van der Waals surface area contributed by atoms with Gasteiger partial charge in [0.2, 0.25) is 0 Å². The van der Waals surface area contributed by atoms with Crippen LogP contribution in [0.1, 0.15) is 32.4 Å². The number of rotatable bonds is 4. The Morgan fingerprint density at radius 1 is 1.45 bits per heavy atom. The Kier molecular flexibility index (Phi) is 4.05. The van der Waals surface area contributed by atoms with Gasteiger partial charge in [0.05, 0.1) is 6.54 Å². The zero-order valence-electron chi connectivity index (χ0n) is 10.5. The van der Waals surface area contributed by atoms with Crippen LogP contribution in [0.5, 0.6) is 0 Å². The maximum Gasteiger partial charge on any atom is 0.339 e. The van der Waals surface area contributed by atoms with Gasteiger partial charge in [-0.15, -0.1) is 0 Å². The Hall–Kier alpha value is -2.34. The number of nitrogens with zero attached hydrogens (tertiary/aromatic N) is 1. The molecule has 2 rings (SSSR count). The molecule has 20 heavy (non-hydrogen) atoms. The smallest absolute Gasteiger partial charge is 0.339 e. The first-order valence-corrected chi connectivity index (χ1v) is 6.07. The first-order chi connectivity index (χ1) is 9.47. The molecule has 0 atom stereocenters. The van der Waals surface area contributed by atoms with Crippen LogP contribution in [-0.2, 0) is 6.54 Å². The summed E-state index contributed by atoms with van der Waals surface area (Å²) in [5, 5.41) is 11.9. The van der Waals surface area contributed by atoms with Crippen LogP contribution in [0.25, 0.3) is 0 Å². The van der Waals surface area contributed by atoms with Crippen LogP contribution in [-0.4, -0.2) is 22.0 Å². The second-order valence-electron chi connectivity index (χ2n) is 4.03. The molecule has 1 amide bonds. The van der Waals surface area contributed by atoms with E-state index < -0.39 is 11.9 Å². The summed E-state index contributed by atoms with van der Waals surface area (Å²) in [5.74, 6) is -0.836. The van der Waals surface area contributed by atoms with E-state index in [0.717, 1.165) is 0 Å². The highest BCUT2D eigenvalue weighted by molar-refractivity contribution is 6.30. The molecule has 104 valence electrons. The molecule has 0 aromatic carbocycles. The van der Waals surface area contributed by atoms with E-state index >= 15 is 0 Å². The number of pyridine rings is 1. The number of furan rings is 1. The molecule has 0 unspecified atom stereocenters. The average molecular weight is 295 g/mol. The summed E-state index contributed by atoms with van der Waals surface area (Å²) in [6, 6.07) is 4.38. The van der Waals surface area contributed by atoms with Crippen molar-refractivity contribution in [2.75, 3.05) is 0 Å². The lowest BCUT2D eigenvalue weighted by atomic mass is 10.2. The van der Waals surface area contributed by atoms with Crippen molar-refractivity contribution >= 4 is 23.5 Å². The van der Waals surface area contributed by atoms with E-state index in [-0.39, 0.29) is 17.8 Å². The fourth-order valence-electron chi connectivity index (χ4n) is 1.63. The molecule has 0 bridgehead atoms. The molecule has 0 aliphatic carbocycles. The molecule has 0 aliphatic rings. The maximum absolute atomic E-state index is 11.8. The first kappa shape index (κ1) is 14.1. The number of carbonyl (C=O) groups is 2. The molecule has 2 heterocycles. The van der Waals surface area contributed by atoms with Crippen molar-refractivity contribution in [1.82, 2.24) is 10.3 Å². The minimum Gasteiger partial charge on any atom is -0.478 e. The van der Waals surface area contributed by atoms with Crippen LogP contribution in [0.3, 0.4) is 0 Å². The molecule has 0 fully saturated rings. The molecule has 0 aliphatic heterocycles. The Bertz CT molecular complexity index is 666. The topological polar surface area (TPSA) is 92.4 Å². The number of aromatic carboxylic acids is 1. The zero-order valence-corrected chi connectivity index (χ0v) is 11.3. The minimum absolute atomic E-state index is 0.0706.